The molecule has 0 fully saturated rings. The van der Waals surface area contributed by atoms with E-state index < -0.39 is 12.8 Å². The van der Waals surface area contributed by atoms with E-state index in [0.29, 0.717) is 19.3 Å². The van der Waals surface area contributed by atoms with Crippen LogP contribution in [-0.4, -0.2) is 32.5 Å². The van der Waals surface area contributed by atoms with Crippen LogP contribution in [0.2, 0.25) is 0 Å². The minimum absolute atomic E-state index is 0.0686. The first kappa shape index (κ1) is 16.8. The quantitative estimate of drug-likeness (QED) is 0.749. The first-order valence-electron chi connectivity index (χ1n) is 6.44. The van der Waals surface area contributed by atoms with Crippen molar-refractivity contribution in [2.45, 2.75) is 31.5 Å². The van der Waals surface area contributed by atoms with Crippen molar-refractivity contribution in [1.29, 1.82) is 0 Å². The third kappa shape index (κ3) is 6.77. The lowest BCUT2D eigenvalue weighted by molar-refractivity contribution is -0.174. The SMILES string of the molecule is COc1ccccc1CC(N)CCCOCC(F)(F)F. The summed E-state index contributed by atoms with van der Waals surface area (Å²) >= 11 is 0. The smallest absolute Gasteiger partial charge is 0.411 e. The van der Waals surface area contributed by atoms with Gasteiger partial charge in [-0.05, 0) is 30.9 Å². The first-order chi connectivity index (χ1) is 9.42. The molecule has 0 saturated heterocycles. The summed E-state index contributed by atoms with van der Waals surface area (Å²) < 4.78 is 45.3. The van der Waals surface area contributed by atoms with Crippen molar-refractivity contribution < 1.29 is 22.6 Å². The number of hydrogen-bond acceptors (Lipinski definition) is 3. The van der Waals surface area contributed by atoms with Gasteiger partial charge in [0.05, 0.1) is 7.11 Å². The fraction of sp³-hybridized carbons (Fsp3) is 0.571. The van der Waals surface area contributed by atoms with E-state index in [0.717, 1.165) is 11.3 Å². The Morgan fingerprint density at radius 1 is 1.25 bits per heavy atom. The van der Waals surface area contributed by atoms with E-state index in [2.05, 4.69) is 4.74 Å². The Morgan fingerprint density at radius 2 is 1.95 bits per heavy atom. The number of para-hydroxylation sites is 1. The third-order valence-corrected chi connectivity index (χ3v) is 2.80. The molecule has 1 aromatic carbocycles. The molecule has 0 aliphatic carbocycles. The van der Waals surface area contributed by atoms with Crippen molar-refractivity contribution in [1.82, 2.24) is 0 Å². The molecule has 1 unspecified atom stereocenters. The van der Waals surface area contributed by atoms with Crippen LogP contribution in [0, 0.1) is 0 Å². The topological polar surface area (TPSA) is 44.5 Å². The highest BCUT2D eigenvalue weighted by atomic mass is 19.4. The lowest BCUT2D eigenvalue weighted by atomic mass is 10.0. The maximum Gasteiger partial charge on any atom is 0.411 e. The highest BCUT2D eigenvalue weighted by Gasteiger charge is 2.27. The van der Waals surface area contributed by atoms with Gasteiger partial charge < -0.3 is 15.2 Å². The van der Waals surface area contributed by atoms with Gasteiger partial charge in [-0.2, -0.15) is 13.2 Å². The summed E-state index contributed by atoms with van der Waals surface area (Å²) in [6, 6.07) is 7.43. The summed E-state index contributed by atoms with van der Waals surface area (Å²) in [5, 5.41) is 0. The predicted molar refractivity (Wildman–Crippen MR) is 70.8 cm³/mol. The minimum atomic E-state index is -4.26. The molecule has 0 aromatic heterocycles. The average molecular weight is 291 g/mol. The van der Waals surface area contributed by atoms with Gasteiger partial charge in [-0.1, -0.05) is 18.2 Å². The lowest BCUT2D eigenvalue weighted by Crippen LogP contribution is -2.24. The fourth-order valence-electron chi connectivity index (χ4n) is 1.89. The van der Waals surface area contributed by atoms with E-state index in [4.69, 9.17) is 10.5 Å². The van der Waals surface area contributed by atoms with E-state index in [-0.39, 0.29) is 12.6 Å². The second-order valence-corrected chi connectivity index (χ2v) is 4.59. The van der Waals surface area contributed by atoms with Crippen molar-refractivity contribution in [3.63, 3.8) is 0 Å². The third-order valence-electron chi connectivity index (χ3n) is 2.80. The van der Waals surface area contributed by atoms with Crippen LogP contribution in [0.4, 0.5) is 13.2 Å². The second kappa shape index (κ2) is 8.11. The number of methoxy groups -OCH3 is 1. The van der Waals surface area contributed by atoms with Crippen molar-refractivity contribution >= 4 is 0 Å². The van der Waals surface area contributed by atoms with Gasteiger partial charge in [-0.15, -0.1) is 0 Å². The summed E-state index contributed by atoms with van der Waals surface area (Å²) in [7, 11) is 1.59. The molecule has 6 heteroatoms. The molecule has 2 N–H and O–H groups in total. The number of benzene rings is 1. The van der Waals surface area contributed by atoms with Crippen LogP contribution in [-0.2, 0) is 11.2 Å². The Balaban J connectivity index is 2.25. The zero-order chi connectivity index (χ0) is 15.0. The highest BCUT2D eigenvalue weighted by Crippen LogP contribution is 2.19. The van der Waals surface area contributed by atoms with Crippen molar-refractivity contribution in [2.24, 2.45) is 5.73 Å². The highest BCUT2D eigenvalue weighted by molar-refractivity contribution is 5.33. The molecule has 0 heterocycles. The zero-order valence-electron chi connectivity index (χ0n) is 11.5. The molecule has 1 atom stereocenters. The molecule has 114 valence electrons. The number of halogens is 3. The molecule has 0 amide bonds. The molecule has 0 spiro atoms. The van der Waals surface area contributed by atoms with E-state index in [1.807, 2.05) is 24.3 Å². The van der Waals surface area contributed by atoms with E-state index in [9.17, 15) is 13.2 Å². The van der Waals surface area contributed by atoms with Gasteiger partial charge in [0.15, 0.2) is 0 Å². The first-order valence-corrected chi connectivity index (χ1v) is 6.44. The van der Waals surface area contributed by atoms with Crippen LogP contribution in [0.1, 0.15) is 18.4 Å². The Hall–Kier alpha value is -1.27. The number of rotatable bonds is 8. The van der Waals surface area contributed by atoms with E-state index in [1.54, 1.807) is 7.11 Å². The Kier molecular flexibility index (Phi) is 6.81. The number of alkyl halides is 3. The molecule has 0 bridgehead atoms. The second-order valence-electron chi connectivity index (χ2n) is 4.59. The zero-order valence-corrected chi connectivity index (χ0v) is 11.5. The molecule has 0 aliphatic rings. The largest absolute Gasteiger partial charge is 0.496 e. The Bertz CT molecular complexity index is 396. The van der Waals surface area contributed by atoms with Gasteiger partial charge in [0.1, 0.15) is 12.4 Å². The summed E-state index contributed by atoms with van der Waals surface area (Å²) in [5.41, 5.74) is 6.96. The summed E-state index contributed by atoms with van der Waals surface area (Å²) in [6.45, 7) is -1.13. The molecule has 0 radical (unpaired) electrons. The molecule has 3 nitrogen and oxygen atoms in total. The van der Waals surface area contributed by atoms with Gasteiger partial charge in [0, 0.05) is 12.6 Å². The van der Waals surface area contributed by atoms with Crippen LogP contribution < -0.4 is 10.5 Å². The molecular weight excluding hydrogens is 271 g/mol. The molecule has 0 aliphatic heterocycles. The number of ether oxygens (including phenoxy) is 2. The summed E-state index contributed by atoms with van der Waals surface area (Å²) in [6.07, 6.45) is -2.52. The normalized spacial score (nSPS) is 13.2. The Labute approximate surface area is 116 Å². The van der Waals surface area contributed by atoms with Crippen LogP contribution in [0.3, 0.4) is 0 Å². The van der Waals surface area contributed by atoms with Crippen LogP contribution in [0.5, 0.6) is 5.75 Å². The fourth-order valence-corrected chi connectivity index (χ4v) is 1.89. The van der Waals surface area contributed by atoms with E-state index >= 15 is 0 Å². The number of nitrogens with two attached hydrogens (primary N) is 1. The lowest BCUT2D eigenvalue weighted by Gasteiger charge is -2.14. The molecular formula is C14H20F3NO2. The summed E-state index contributed by atoms with van der Waals surface area (Å²) in [4.78, 5) is 0. The average Bonchev–Trinajstić information content (AvgIpc) is 2.37. The molecule has 1 aromatic rings. The van der Waals surface area contributed by atoms with Gasteiger partial charge in [0.2, 0.25) is 0 Å². The van der Waals surface area contributed by atoms with Crippen molar-refractivity contribution in [2.75, 3.05) is 20.3 Å². The monoisotopic (exact) mass is 291 g/mol. The van der Waals surface area contributed by atoms with Crippen molar-refractivity contribution in [3.8, 4) is 5.75 Å². The van der Waals surface area contributed by atoms with Crippen LogP contribution in [0.25, 0.3) is 0 Å². The van der Waals surface area contributed by atoms with Gasteiger partial charge >= 0.3 is 6.18 Å². The number of hydrogen-bond donors (Lipinski definition) is 1. The minimum Gasteiger partial charge on any atom is -0.496 e. The van der Waals surface area contributed by atoms with E-state index in [1.165, 1.54) is 0 Å². The molecule has 1 rings (SSSR count). The molecule has 20 heavy (non-hydrogen) atoms. The van der Waals surface area contributed by atoms with Gasteiger partial charge in [0.25, 0.3) is 0 Å². The predicted octanol–water partition coefficient (Wildman–Crippen LogP) is 2.92. The maximum atomic E-state index is 11.8. The standard InChI is InChI=1S/C14H20F3NO2/c1-19-13-7-3-2-5-11(13)9-12(18)6-4-8-20-10-14(15,16)17/h2-3,5,7,12H,4,6,8-10,18H2,1H3. The van der Waals surface area contributed by atoms with Crippen LogP contribution in [0.15, 0.2) is 24.3 Å². The van der Waals surface area contributed by atoms with Crippen LogP contribution >= 0.6 is 0 Å². The summed E-state index contributed by atoms with van der Waals surface area (Å²) in [5.74, 6) is 0.774. The van der Waals surface area contributed by atoms with Gasteiger partial charge in [-0.3, -0.25) is 0 Å². The van der Waals surface area contributed by atoms with Gasteiger partial charge in [-0.25, -0.2) is 0 Å². The molecule has 0 saturated carbocycles. The Morgan fingerprint density at radius 3 is 2.60 bits per heavy atom. The maximum absolute atomic E-state index is 11.8. The van der Waals surface area contributed by atoms with Crippen molar-refractivity contribution in [3.05, 3.63) is 29.8 Å².